The van der Waals surface area contributed by atoms with Crippen LogP contribution < -0.4 is 14.3 Å². The van der Waals surface area contributed by atoms with Crippen LogP contribution in [0.25, 0.3) is 10.2 Å². The van der Waals surface area contributed by atoms with E-state index in [2.05, 4.69) is 10.1 Å². The topological polar surface area (TPSA) is 70.6 Å². The van der Waals surface area contributed by atoms with Gasteiger partial charge in [-0.15, -0.1) is 0 Å². The fraction of sp³-hybridized carbons (Fsp3) is 0.312. The summed E-state index contributed by atoms with van der Waals surface area (Å²) >= 11 is 1.43. The molecule has 0 saturated carbocycles. The number of nitrogens with zero attached hydrogens (tertiary/aromatic N) is 4. The van der Waals surface area contributed by atoms with Crippen molar-refractivity contribution in [3.05, 3.63) is 34.9 Å². The Morgan fingerprint density at radius 3 is 2.79 bits per heavy atom. The van der Waals surface area contributed by atoms with Gasteiger partial charge in [0, 0.05) is 31.4 Å². The monoisotopic (exact) mass is 344 g/mol. The van der Waals surface area contributed by atoms with Gasteiger partial charge >= 0.3 is 0 Å². The molecule has 7 nitrogen and oxygen atoms in total. The number of benzene rings is 1. The second kappa shape index (κ2) is 5.48. The molecule has 2 aromatic heterocycles. The number of fused-ring (bicyclic) bond motifs is 2. The fourth-order valence-corrected chi connectivity index (χ4v) is 3.53. The molecule has 24 heavy (non-hydrogen) atoms. The summed E-state index contributed by atoms with van der Waals surface area (Å²) in [6.45, 7) is 4.26. The number of carbonyl (C=O) groups is 1. The highest BCUT2D eigenvalue weighted by atomic mass is 32.1. The van der Waals surface area contributed by atoms with E-state index in [0.717, 1.165) is 16.0 Å². The van der Waals surface area contributed by atoms with Gasteiger partial charge in [-0.1, -0.05) is 11.3 Å². The molecule has 1 aromatic carbocycles. The van der Waals surface area contributed by atoms with Crippen molar-refractivity contribution in [1.82, 2.24) is 14.3 Å². The van der Waals surface area contributed by atoms with Crippen molar-refractivity contribution in [3.63, 3.8) is 0 Å². The van der Waals surface area contributed by atoms with Crippen molar-refractivity contribution in [3.8, 4) is 11.5 Å². The van der Waals surface area contributed by atoms with Crippen LogP contribution in [-0.4, -0.2) is 27.0 Å². The van der Waals surface area contributed by atoms with Crippen molar-refractivity contribution in [1.29, 1.82) is 0 Å². The average molecular weight is 344 g/mol. The Kier molecular flexibility index (Phi) is 3.42. The second-order valence-electron chi connectivity index (χ2n) is 5.81. The van der Waals surface area contributed by atoms with Crippen LogP contribution in [0.1, 0.15) is 30.4 Å². The third-order valence-corrected chi connectivity index (χ3v) is 4.95. The predicted octanol–water partition coefficient (Wildman–Crippen LogP) is 2.49. The van der Waals surface area contributed by atoms with Gasteiger partial charge in [-0.3, -0.25) is 9.48 Å². The second-order valence-corrected chi connectivity index (χ2v) is 6.82. The number of hydrogen-bond donors (Lipinski definition) is 0. The van der Waals surface area contributed by atoms with E-state index in [0.29, 0.717) is 16.2 Å². The largest absolute Gasteiger partial charge is 0.454 e. The van der Waals surface area contributed by atoms with Crippen molar-refractivity contribution >= 4 is 27.5 Å². The first-order valence-corrected chi connectivity index (χ1v) is 8.38. The van der Waals surface area contributed by atoms with E-state index < -0.39 is 0 Å². The SMILES string of the molecule is CC(C)n1ccc(C(=O)N=c2sc3cc4c(cc3n2C)OCO4)n1. The predicted molar refractivity (Wildman–Crippen MR) is 89.4 cm³/mol. The molecule has 1 amide bonds. The van der Waals surface area contributed by atoms with Gasteiger partial charge in [0.15, 0.2) is 22.0 Å². The van der Waals surface area contributed by atoms with Crippen LogP contribution in [0.5, 0.6) is 11.5 Å². The van der Waals surface area contributed by atoms with Crippen LogP contribution in [0.2, 0.25) is 0 Å². The highest BCUT2D eigenvalue weighted by Gasteiger charge is 2.17. The maximum atomic E-state index is 12.4. The van der Waals surface area contributed by atoms with Gasteiger partial charge in [0.05, 0.1) is 10.2 Å². The number of thiazole rings is 1. The first kappa shape index (κ1) is 14.9. The molecule has 0 bridgehead atoms. The first-order chi connectivity index (χ1) is 11.5. The lowest BCUT2D eigenvalue weighted by Gasteiger charge is -2.02. The summed E-state index contributed by atoms with van der Waals surface area (Å²) in [6, 6.07) is 5.72. The van der Waals surface area contributed by atoms with Crippen molar-refractivity contribution in [2.45, 2.75) is 19.9 Å². The Hall–Kier alpha value is -2.61. The van der Waals surface area contributed by atoms with Crippen LogP contribution in [0, 0.1) is 0 Å². The highest BCUT2D eigenvalue weighted by Crippen LogP contribution is 2.36. The third-order valence-electron chi connectivity index (χ3n) is 3.86. The van der Waals surface area contributed by atoms with Crippen LogP contribution >= 0.6 is 11.3 Å². The summed E-state index contributed by atoms with van der Waals surface area (Å²) in [5.41, 5.74) is 1.29. The Labute approximate surface area is 141 Å². The van der Waals surface area contributed by atoms with E-state index in [-0.39, 0.29) is 18.7 Å². The van der Waals surface area contributed by atoms with Gasteiger partial charge in [-0.05, 0) is 19.9 Å². The minimum absolute atomic E-state index is 0.203. The summed E-state index contributed by atoms with van der Waals surface area (Å²) in [7, 11) is 1.87. The molecule has 3 aromatic rings. The van der Waals surface area contributed by atoms with Gasteiger partial charge in [-0.2, -0.15) is 10.1 Å². The zero-order chi connectivity index (χ0) is 16.8. The van der Waals surface area contributed by atoms with Crippen LogP contribution in [0.4, 0.5) is 0 Å². The van der Waals surface area contributed by atoms with Crippen molar-refractivity contribution in [2.75, 3.05) is 6.79 Å². The minimum atomic E-state index is -0.350. The molecule has 0 unspecified atom stereocenters. The molecule has 0 saturated heterocycles. The van der Waals surface area contributed by atoms with E-state index in [4.69, 9.17) is 9.47 Å². The van der Waals surface area contributed by atoms with Gasteiger partial charge in [-0.25, -0.2) is 0 Å². The smallest absolute Gasteiger partial charge is 0.300 e. The summed E-state index contributed by atoms with van der Waals surface area (Å²) in [5, 5.41) is 4.27. The Balaban J connectivity index is 1.76. The molecule has 0 fully saturated rings. The molecule has 1 aliphatic rings. The molecule has 0 spiro atoms. The average Bonchev–Trinajstić information content (AvgIpc) is 3.25. The molecule has 0 atom stereocenters. The zero-order valence-corrected chi connectivity index (χ0v) is 14.3. The van der Waals surface area contributed by atoms with E-state index in [1.54, 1.807) is 16.9 Å². The Morgan fingerprint density at radius 1 is 1.33 bits per heavy atom. The van der Waals surface area contributed by atoms with Gasteiger partial charge in [0.2, 0.25) is 6.79 Å². The summed E-state index contributed by atoms with van der Waals surface area (Å²) < 4.78 is 15.4. The van der Waals surface area contributed by atoms with Crippen LogP contribution in [-0.2, 0) is 7.05 Å². The number of carbonyl (C=O) groups excluding carboxylic acids is 1. The number of ether oxygens (including phenoxy) is 2. The first-order valence-electron chi connectivity index (χ1n) is 7.56. The number of aromatic nitrogens is 3. The van der Waals surface area contributed by atoms with Crippen molar-refractivity contribution < 1.29 is 14.3 Å². The summed E-state index contributed by atoms with van der Waals surface area (Å²) in [6.07, 6.45) is 1.79. The van der Waals surface area contributed by atoms with E-state index >= 15 is 0 Å². The van der Waals surface area contributed by atoms with Crippen molar-refractivity contribution in [2.24, 2.45) is 12.0 Å². The molecule has 3 heterocycles. The molecule has 0 N–H and O–H groups in total. The summed E-state index contributed by atoms with van der Waals surface area (Å²) in [5.74, 6) is 1.08. The number of amides is 1. The molecular formula is C16H16N4O3S. The number of aryl methyl sites for hydroxylation is 1. The third kappa shape index (κ3) is 2.39. The van der Waals surface area contributed by atoms with E-state index in [1.807, 2.05) is 37.6 Å². The van der Waals surface area contributed by atoms with Crippen LogP contribution in [0.3, 0.4) is 0 Å². The zero-order valence-electron chi connectivity index (χ0n) is 13.5. The Bertz CT molecular complexity index is 1010. The molecule has 1 aliphatic heterocycles. The Morgan fingerprint density at radius 2 is 2.08 bits per heavy atom. The normalized spacial score (nSPS) is 14.1. The van der Waals surface area contributed by atoms with Crippen LogP contribution in [0.15, 0.2) is 29.4 Å². The van der Waals surface area contributed by atoms with E-state index in [1.165, 1.54) is 11.3 Å². The molecular weight excluding hydrogens is 328 g/mol. The highest BCUT2D eigenvalue weighted by molar-refractivity contribution is 7.16. The molecule has 0 aliphatic carbocycles. The lowest BCUT2D eigenvalue weighted by Crippen LogP contribution is -2.14. The molecule has 4 rings (SSSR count). The van der Waals surface area contributed by atoms with Gasteiger partial charge < -0.3 is 14.0 Å². The van der Waals surface area contributed by atoms with Gasteiger partial charge in [0.25, 0.3) is 5.91 Å². The lowest BCUT2D eigenvalue weighted by atomic mass is 10.3. The number of hydrogen-bond acceptors (Lipinski definition) is 5. The van der Waals surface area contributed by atoms with E-state index in [9.17, 15) is 4.79 Å². The van der Waals surface area contributed by atoms with Gasteiger partial charge in [0.1, 0.15) is 0 Å². The minimum Gasteiger partial charge on any atom is -0.454 e. The molecule has 124 valence electrons. The lowest BCUT2D eigenvalue weighted by molar-refractivity contribution is 0.0992. The number of rotatable bonds is 2. The maximum Gasteiger partial charge on any atom is 0.300 e. The fourth-order valence-electron chi connectivity index (χ4n) is 2.51. The summed E-state index contributed by atoms with van der Waals surface area (Å²) in [4.78, 5) is 17.2. The quantitative estimate of drug-likeness (QED) is 0.716. The maximum absolute atomic E-state index is 12.4. The molecule has 0 radical (unpaired) electrons. The molecule has 8 heteroatoms. The standard InChI is InChI=1S/C16H16N4O3S/c1-9(2)20-5-4-10(18-20)15(21)17-16-19(3)11-6-12-13(23-8-22-12)7-14(11)24-16/h4-7,9H,8H2,1-3H3.